The second-order valence-electron chi connectivity index (χ2n) is 10.0. The zero-order valence-corrected chi connectivity index (χ0v) is 22.1. The Kier molecular flexibility index (Phi) is 7.25. The monoisotopic (exact) mass is 528 g/mol. The van der Waals surface area contributed by atoms with Gasteiger partial charge in [0.1, 0.15) is 0 Å². The van der Waals surface area contributed by atoms with Crippen molar-refractivity contribution in [3.63, 3.8) is 0 Å². The van der Waals surface area contributed by atoms with Gasteiger partial charge in [0.2, 0.25) is 0 Å². The number of aliphatic hydroxyl groups excluding tert-OH is 1. The van der Waals surface area contributed by atoms with Gasteiger partial charge in [-0.2, -0.15) is 0 Å². The Hall–Kier alpha value is -4.01. The topological polar surface area (TPSA) is 107 Å². The van der Waals surface area contributed by atoms with Gasteiger partial charge in [-0.1, -0.05) is 43.3 Å². The molecule has 2 amide bonds. The molecule has 0 spiro atoms. The third kappa shape index (κ3) is 4.39. The standard InChI is InChI=1S/C31H32N2O6/c1-20(9-4-6-18-34)31(38)24-19-22(15-16-25(24)32(30(31)37)17-5-3-14-27(35)39-2)33-26-13-8-11-21-10-7-12-23(28(21)26)29(33)36/h4,7-13,15-16,19-20,34,38H,3,5-6,14,17-18H2,1-2H3/b9-4+/t20-,31+/m1/s1. The van der Waals surface area contributed by atoms with Crippen molar-refractivity contribution < 1.29 is 29.3 Å². The number of anilines is 3. The van der Waals surface area contributed by atoms with E-state index < -0.39 is 17.4 Å². The van der Waals surface area contributed by atoms with Gasteiger partial charge < -0.3 is 19.8 Å². The van der Waals surface area contributed by atoms with Crippen molar-refractivity contribution in [1.82, 2.24) is 0 Å². The summed E-state index contributed by atoms with van der Waals surface area (Å²) < 4.78 is 4.71. The van der Waals surface area contributed by atoms with Gasteiger partial charge in [0.25, 0.3) is 11.8 Å². The van der Waals surface area contributed by atoms with Crippen molar-refractivity contribution in [3.8, 4) is 0 Å². The summed E-state index contributed by atoms with van der Waals surface area (Å²) in [5.74, 6) is -1.52. The highest BCUT2D eigenvalue weighted by Crippen LogP contribution is 2.49. The first kappa shape index (κ1) is 26.6. The van der Waals surface area contributed by atoms with Crippen molar-refractivity contribution >= 4 is 45.6 Å². The third-order valence-corrected chi connectivity index (χ3v) is 7.69. The molecule has 2 aliphatic heterocycles. The number of fused-ring (bicyclic) bond motifs is 1. The lowest BCUT2D eigenvalue weighted by atomic mass is 9.82. The largest absolute Gasteiger partial charge is 0.469 e. The molecule has 8 nitrogen and oxygen atoms in total. The Bertz CT molecular complexity index is 1480. The molecule has 2 atom stereocenters. The summed E-state index contributed by atoms with van der Waals surface area (Å²) in [5.41, 5.74) is 1.08. The first-order valence-corrected chi connectivity index (χ1v) is 13.2. The molecule has 0 fully saturated rings. The van der Waals surface area contributed by atoms with Gasteiger partial charge in [0.15, 0.2) is 5.60 Å². The van der Waals surface area contributed by atoms with Gasteiger partial charge in [-0.3, -0.25) is 19.3 Å². The quantitative estimate of drug-likeness (QED) is 0.227. The van der Waals surface area contributed by atoms with Crippen LogP contribution in [0.5, 0.6) is 0 Å². The summed E-state index contributed by atoms with van der Waals surface area (Å²) in [6, 6.07) is 16.7. The van der Waals surface area contributed by atoms with Gasteiger partial charge in [-0.25, -0.2) is 0 Å². The van der Waals surface area contributed by atoms with Crippen LogP contribution in [0.3, 0.4) is 0 Å². The maximum Gasteiger partial charge on any atom is 0.305 e. The molecule has 3 aromatic rings. The number of aliphatic hydroxyl groups is 2. The Labute approximate surface area is 227 Å². The molecular formula is C31H32N2O6. The molecule has 0 aromatic heterocycles. The number of hydrogen-bond acceptors (Lipinski definition) is 6. The highest BCUT2D eigenvalue weighted by molar-refractivity contribution is 6.28. The van der Waals surface area contributed by atoms with E-state index in [0.717, 1.165) is 16.5 Å². The van der Waals surface area contributed by atoms with Gasteiger partial charge >= 0.3 is 5.97 Å². The highest BCUT2D eigenvalue weighted by atomic mass is 16.5. The minimum atomic E-state index is -1.86. The highest BCUT2D eigenvalue weighted by Gasteiger charge is 2.52. The Balaban J connectivity index is 1.54. The molecule has 0 bridgehead atoms. The average Bonchev–Trinajstić information content (AvgIpc) is 3.36. The van der Waals surface area contributed by atoms with Crippen molar-refractivity contribution in [1.29, 1.82) is 0 Å². The van der Waals surface area contributed by atoms with E-state index in [-0.39, 0.29) is 24.9 Å². The summed E-state index contributed by atoms with van der Waals surface area (Å²) in [6.45, 7) is 2.05. The van der Waals surface area contributed by atoms with Crippen LogP contribution in [-0.2, 0) is 19.9 Å². The van der Waals surface area contributed by atoms with E-state index >= 15 is 0 Å². The van der Waals surface area contributed by atoms with Crippen LogP contribution < -0.4 is 9.80 Å². The smallest absolute Gasteiger partial charge is 0.305 e. The summed E-state index contributed by atoms with van der Waals surface area (Å²) in [5, 5.41) is 23.1. The van der Waals surface area contributed by atoms with Crippen molar-refractivity contribution in [3.05, 3.63) is 77.9 Å². The molecule has 0 radical (unpaired) electrons. The summed E-state index contributed by atoms with van der Waals surface area (Å²) in [7, 11) is 1.34. The molecule has 39 heavy (non-hydrogen) atoms. The van der Waals surface area contributed by atoms with Crippen molar-refractivity contribution in [2.75, 3.05) is 30.1 Å². The van der Waals surface area contributed by atoms with Crippen LogP contribution in [0.4, 0.5) is 17.1 Å². The summed E-state index contributed by atoms with van der Waals surface area (Å²) in [6.07, 6.45) is 5.23. The molecule has 2 heterocycles. The maximum atomic E-state index is 13.8. The van der Waals surface area contributed by atoms with Crippen molar-refractivity contribution in [2.24, 2.45) is 5.92 Å². The van der Waals surface area contributed by atoms with Gasteiger partial charge in [-0.15, -0.1) is 0 Å². The van der Waals surface area contributed by atoms with Crippen LogP contribution in [0.25, 0.3) is 10.8 Å². The van der Waals surface area contributed by atoms with Crippen molar-refractivity contribution in [2.45, 2.75) is 38.2 Å². The van der Waals surface area contributed by atoms with Crippen LogP contribution in [-0.4, -0.2) is 48.3 Å². The first-order valence-electron chi connectivity index (χ1n) is 13.2. The summed E-state index contributed by atoms with van der Waals surface area (Å²) >= 11 is 0. The van der Waals surface area contributed by atoms with Gasteiger partial charge in [0, 0.05) is 42.1 Å². The molecule has 202 valence electrons. The molecule has 2 aliphatic rings. The summed E-state index contributed by atoms with van der Waals surface area (Å²) in [4.78, 5) is 42.1. The number of carbonyl (C=O) groups is 3. The van der Waals surface area contributed by atoms with Crippen LogP contribution >= 0.6 is 0 Å². The minimum Gasteiger partial charge on any atom is -0.469 e. The lowest BCUT2D eigenvalue weighted by Gasteiger charge is -2.28. The maximum absolute atomic E-state index is 13.8. The van der Waals surface area contributed by atoms with E-state index in [9.17, 15) is 24.6 Å². The Morgan fingerprint density at radius 2 is 1.85 bits per heavy atom. The minimum absolute atomic E-state index is 0.0359. The molecule has 0 saturated heterocycles. The zero-order valence-electron chi connectivity index (χ0n) is 22.1. The predicted octanol–water partition coefficient (Wildman–Crippen LogP) is 4.58. The van der Waals surface area contributed by atoms with E-state index in [1.165, 1.54) is 7.11 Å². The van der Waals surface area contributed by atoms with Gasteiger partial charge in [-0.05, 0) is 55.0 Å². The first-order chi connectivity index (χ1) is 18.8. The number of ether oxygens (including phenoxy) is 1. The van der Waals surface area contributed by atoms with E-state index in [2.05, 4.69) is 0 Å². The number of benzene rings is 3. The molecular weight excluding hydrogens is 496 g/mol. The second-order valence-corrected chi connectivity index (χ2v) is 10.0. The number of unbranched alkanes of at least 4 members (excludes halogenated alkanes) is 1. The number of hydrogen-bond donors (Lipinski definition) is 2. The SMILES string of the molecule is COC(=O)CCCCN1C(=O)[C@](O)([C@H](C)/C=C/CCO)c2cc(N3C(=O)c4cccc5cccc3c45)ccc21. The lowest BCUT2D eigenvalue weighted by molar-refractivity contribution is -0.140. The number of carbonyl (C=O) groups excluding carboxylic acids is 3. The van der Waals surface area contributed by atoms with E-state index in [4.69, 9.17) is 4.74 Å². The molecule has 2 N–H and O–H groups in total. The fourth-order valence-electron chi connectivity index (χ4n) is 5.62. The van der Waals surface area contributed by atoms with Crippen LogP contribution in [0, 0.1) is 5.92 Å². The Morgan fingerprint density at radius 1 is 1.08 bits per heavy atom. The van der Waals surface area contributed by atoms with E-state index in [1.54, 1.807) is 47.1 Å². The van der Waals surface area contributed by atoms with Crippen LogP contribution in [0.15, 0.2) is 66.7 Å². The molecule has 0 aliphatic carbocycles. The normalized spacial score (nSPS) is 18.9. The fraction of sp³-hybridized carbons (Fsp3) is 0.323. The third-order valence-electron chi connectivity index (χ3n) is 7.69. The molecule has 3 aromatic carbocycles. The molecule has 5 rings (SSSR count). The number of methoxy groups -OCH3 is 1. The number of esters is 1. The molecule has 8 heteroatoms. The van der Waals surface area contributed by atoms with Crippen LogP contribution in [0.1, 0.15) is 48.5 Å². The molecule has 0 unspecified atom stereocenters. The van der Waals surface area contributed by atoms with Crippen LogP contribution in [0.2, 0.25) is 0 Å². The lowest BCUT2D eigenvalue weighted by Crippen LogP contribution is -2.44. The predicted molar refractivity (Wildman–Crippen MR) is 149 cm³/mol. The number of amides is 2. The Morgan fingerprint density at radius 3 is 2.59 bits per heavy atom. The fourth-order valence-corrected chi connectivity index (χ4v) is 5.62. The second kappa shape index (κ2) is 10.6. The average molecular weight is 529 g/mol. The molecule has 0 saturated carbocycles. The number of nitrogens with zero attached hydrogens (tertiary/aromatic N) is 2. The zero-order chi connectivity index (χ0) is 27.7. The van der Waals surface area contributed by atoms with E-state index in [1.807, 2.05) is 36.4 Å². The number of rotatable bonds is 10. The van der Waals surface area contributed by atoms with E-state index in [0.29, 0.717) is 48.3 Å². The van der Waals surface area contributed by atoms with Gasteiger partial charge in [0.05, 0.1) is 24.0 Å².